The molecule has 0 saturated heterocycles. The van der Waals surface area contributed by atoms with E-state index in [4.69, 9.17) is 0 Å². The van der Waals surface area contributed by atoms with E-state index in [1.54, 1.807) is 6.07 Å². The van der Waals surface area contributed by atoms with Crippen LogP contribution >= 0.6 is 0 Å². The molecule has 2 N–H and O–H groups in total. The van der Waals surface area contributed by atoms with E-state index in [1.807, 2.05) is 50.2 Å². The molecule has 0 radical (unpaired) electrons. The second-order valence-electron chi connectivity index (χ2n) is 5.35. The molecule has 0 spiro atoms. The van der Waals surface area contributed by atoms with Gasteiger partial charge in [0.1, 0.15) is 0 Å². The number of aliphatic hydroxyl groups excluding tert-OH is 1. The van der Waals surface area contributed by atoms with Crippen LogP contribution in [0, 0.1) is 6.92 Å². The summed E-state index contributed by atoms with van der Waals surface area (Å²) < 4.78 is 0. The van der Waals surface area contributed by atoms with Gasteiger partial charge in [-0.2, -0.15) is 0 Å². The first-order valence-corrected chi connectivity index (χ1v) is 7.61. The quantitative estimate of drug-likeness (QED) is 0.862. The van der Waals surface area contributed by atoms with Crippen LogP contribution in [0.1, 0.15) is 35.8 Å². The molecule has 2 rings (SSSR count). The molecule has 116 valence electrons. The standard InChI is InChI=1S/C18H22N2O2/c1-3-7-15(21)12-19-18(22)16-10-11-17(20-13(16)2)14-8-5-4-6-9-14/h4-6,8-11,15,21H,3,7,12H2,1-2H3,(H,19,22). The van der Waals surface area contributed by atoms with Gasteiger partial charge in [-0.05, 0) is 25.5 Å². The lowest BCUT2D eigenvalue weighted by Crippen LogP contribution is -2.32. The first-order chi connectivity index (χ1) is 10.6. The lowest BCUT2D eigenvalue weighted by atomic mass is 10.1. The van der Waals surface area contributed by atoms with E-state index in [-0.39, 0.29) is 12.5 Å². The monoisotopic (exact) mass is 298 g/mol. The number of nitrogens with zero attached hydrogens (tertiary/aromatic N) is 1. The highest BCUT2D eigenvalue weighted by Crippen LogP contribution is 2.18. The second kappa shape index (κ2) is 7.71. The number of benzene rings is 1. The van der Waals surface area contributed by atoms with Gasteiger partial charge in [0.25, 0.3) is 5.91 Å². The van der Waals surface area contributed by atoms with Gasteiger partial charge in [-0.15, -0.1) is 0 Å². The number of pyridine rings is 1. The van der Waals surface area contributed by atoms with Gasteiger partial charge in [0, 0.05) is 12.1 Å². The van der Waals surface area contributed by atoms with E-state index in [0.717, 1.165) is 17.7 Å². The van der Waals surface area contributed by atoms with Crippen LogP contribution in [0.25, 0.3) is 11.3 Å². The Morgan fingerprint density at radius 1 is 1.23 bits per heavy atom. The molecule has 1 aromatic carbocycles. The minimum Gasteiger partial charge on any atom is -0.391 e. The molecule has 0 bridgehead atoms. The first-order valence-electron chi connectivity index (χ1n) is 7.61. The molecule has 1 aromatic heterocycles. The number of nitrogens with one attached hydrogen (secondary N) is 1. The number of hydrogen-bond acceptors (Lipinski definition) is 3. The smallest absolute Gasteiger partial charge is 0.253 e. The van der Waals surface area contributed by atoms with Crippen LogP contribution in [0.5, 0.6) is 0 Å². The van der Waals surface area contributed by atoms with Crippen molar-refractivity contribution >= 4 is 5.91 Å². The Balaban J connectivity index is 2.08. The zero-order chi connectivity index (χ0) is 15.9. The van der Waals surface area contributed by atoms with Crippen molar-refractivity contribution in [2.75, 3.05) is 6.54 Å². The second-order valence-corrected chi connectivity index (χ2v) is 5.35. The van der Waals surface area contributed by atoms with Gasteiger partial charge in [0.05, 0.1) is 23.1 Å². The Hall–Kier alpha value is -2.20. The molecule has 1 atom stereocenters. The summed E-state index contributed by atoms with van der Waals surface area (Å²) in [6.07, 6.45) is 1.08. The van der Waals surface area contributed by atoms with Gasteiger partial charge in [-0.1, -0.05) is 43.7 Å². The van der Waals surface area contributed by atoms with Gasteiger partial charge in [0.2, 0.25) is 0 Å². The Labute approximate surface area is 131 Å². The summed E-state index contributed by atoms with van der Waals surface area (Å²) in [5.41, 5.74) is 3.10. The zero-order valence-corrected chi connectivity index (χ0v) is 13.0. The van der Waals surface area contributed by atoms with Gasteiger partial charge in [0.15, 0.2) is 0 Å². The average Bonchev–Trinajstić information content (AvgIpc) is 2.53. The molecule has 0 fully saturated rings. The summed E-state index contributed by atoms with van der Waals surface area (Å²) in [6, 6.07) is 13.5. The number of hydrogen-bond donors (Lipinski definition) is 2. The van der Waals surface area contributed by atoms with Crippen LogP contribution in [0.15, 0.2) is 42.5 Å². The SMILES string of the molecule is CCCC(O)CNC(=O)c1ccc(-c2ccccc2)nc1C. The number of aryl methyl sites for hydroxylation is 1. The van der Waals surface area contributed by atoms with E-state index in [0.29, 0.717) is 17.7 Å². The van der Waals surface area contributed by atoms with Crippen molar-refractivity contribution in [1.29, 1.82) is 0 Å². The molecular formula is C18H22N2O2. The Morgan fingerprint density at radius 3 is 2.59 bits per heavy atom. The fourth-order valence-corrected chi connectivity index (χ4v) is 2.31. The van der Waals surface area contributed by atoms with Crippen LogP contribution < -0.4 is 5.32 Å². The number of carbonyl (C=O) groups excluding carboxylic acids is 1. The number of aromatic nitrogens is 1. The fraction of sp³-hybridized carbons (Fsp3) is 0.333. The number of carbonyl (C=O) groups is 1. The lowest BCUT2D eigenvalue weighted by molar-refractivity contribution is 0.0909. The van der Waals surface area contributed by atoms with Crippen molar-refractivity contribution < 1.29 is 9.90 Å². The molecule has 2 aromatic rings. The van der Waals surface area contributed by atoms with Crippen molar-refractivity contribution in [2.45, 2.75) is 32.8 Å². The van der Waals surface area contributed by atoms with Crippen molar-refractivity contribution in [3.63, 3.8) is 0 Å². The third-order valence-electron chi connectivity index (χ3n) is 3.52. The average molecular weight is 298 g/mol. The van der Waals surface area contributed by atoms with E-state index in [2.05, 4.69) is 10.3 Å². The molecule has 4 nitrogen and oxygen atoms in total. The lowest BCUT2D eigenvalue weighted by Gasteiger charge is -2.12. The van der Waals surface area contributed by atoms with Gasteiger partial charge in [-0.3, -0.25) is 9.78 Å². The van der Waals surface area contributed by atoms with E-state index < -0.39 is 6.10 Å². The van der Waals surface area contributed by atoms with Crippen molar-refractivity contribution in [1.82, 2.24) is 10.3 Å². The van der Waals surface area contributed by atoms with E-state index in [1.165, 1.54) is 0 Å². The highest BCUT2D eigenvalue weighted by Gasteiger charge is 2.12. The maximum atomic E-state index is 12.2. The molecule has 0 aliphatic heterocycles. The predicted molar refractivity (Wildman–Crippen MR) is 87.7 cm³/mol. The Bertz CT molecular complexity index is 626. The van der Waals surface area contributed by atoms with Crippen LogP contribution in [-0.4, -0.2) is 28.6 Å². The highest BCUT2D eigenvalue weighted by molar-refractivity contribution is 5.95. The summed E-state index contributed by atoms with van der Waals surface area (Å²) in [7, 11) is 0. The number of aliphatic hydroxyl groups is 1. The largest absolute Gasteiger partial charge is 0.391 e. The normalized spacial score (nSPS) is 12.0. The Morgan fingerprint density at radius 2 is 1.95 bits per heavy atom. The molecule has 22 heavy (non-hydrogen) atoms. The van der Waals surface area contributed by atoms with Crippen molar-refractivity contribution in [3.05, 3.63) is 53.7 Å². The molecule has 1 unspecified atom stereocenters. The molecular weight excluding hydrogens is 276 g/mol. The van der Waals surface area contributed by atoms with E-state index >= 15 is 0 Å². The van der Waals surface area contributed by atoms with Gasteiger partial charge >= 0.3 is 0 Å². The first kappa shape index (κ1) is 16.2. The number of rotatable bonds is 6. The topological polar surface area (TPSA) is 62.2 Å². The maximum absolute atomic E-state index is 12.2. The molecule has 0 saturated carbocycles. The zero-order valence-electron chi connectivity index (χ0n) is 13.0. The minimum absolute atomic E-state index is 0.195. The van der Waals surface area contributed by atoms with Gasteiger partial charge in [-0.25, -0.2) is 0 Å². The highest BCUT2D eigenvalue weighted by atomic mass is 16.3. The maximum Gasteiger partial charge on any atom is 0.253 e. The van der Waals surface area contributed by atoms with Crippen LogP contribution in [0.2, 0.25) is 0 Å². The predicted octanol–water partition coefficient (Wildman–Crippen LogP) is 2.95. The third-order valence-corrected chi connectivity index (χ3v) is 3.52. The summed E-state index contributed by atoms with van der Waals surface area (Å²) in [6.45, 7) is 4.10. The summed E-state index contributed by atoms with van der Waals surface area (Å²) in [5.74, 6) is -0.195. The van der Waals surface area contributed by atoms with Crippen molar-refractivity contribution in [3.8, 4) is 11.3 Å². The van der Waals surface area contributed by atoms with Crippen LogP contribution in [0.4, 0.5) is 0 Å². The third kappa shape index (κ3) is 4.15. The van der Waals surface area contributed by atoms with Crippen molar-refractivity contribution in [2.24, 2.45) is 0 Å². The summed E-state index contributed by atoms with van der Waals surface area (Å²) >= 11 is 0. The molecule has 0 aliphatic rings. The molecule has 4 heteroatoms. The van der Waals surface area contributed by atoms with Crippen LogP contribution in [-0.2, 0) is 0 Å². The molecule has 0 aliphatic carbocycles. The molecule has 1 heterocycles. The van der Waals surface area contributed by atoms with E-state index in [9.17, 15) is 9.90 Å². The summed E-state index contributed by atoms with van der Waals surface area (Å²) in [4.78, 5) is 16.7. The van der Waals surface area contributed by atoms with Gasteiger partial charge < -0.3 is 10.4 Å². The minimum atomic E-state index is -0.495. The Kier molecular flexibility index (Phi) is 5.67. The fourth-order valence-electron chi connectivity index (χ4n) is 2.31. The van der Waals surface area contributed by atoms with Crippen LogP contribution in [0.3, 0.4) is 0 Å². The number of amides is 1. The molecule has 1 amide bonds. The summed E-state index contributed by atoms with van der Waals surface area (Å²) in [5, 5.41) is 12.4.